The van der Waals surface area contributed by atoms with Crippen molar-refractivity contribution in [2.45, 2.75) is 44.6 Å². The first-order valence-electron chi connectivity index (χ1n) is 7.66. The van der Waals surface area contributed by atoms with Gasteiger partial charge >= 0.3 is 0 Å². The zero-order chi connectivity index (χ0) is 14.9. The van der Waals surface area contributed by atoms with Crippen LogP contribution in [0.1, 0.15) is 35.6 Å². The molecule has 2 aromatic rings. The molecule has 0 spiro atoms. The second-order valence-corrected chi connectivity index (χ2v) is 6.59. The van der Waals surface area contributed by atoms with E-state index in [4.69, 9.17) is 5.73 Å². The molecule has 0 fully saturated rings. The fraction of sp³-hybridized carbons (Fsp3) is 0.368. The minimum absolute atomic E-state index is 0.194. The lowest BCUT2D eigenvalue weighted by atomic mass is 9.86. The summed E-state index contributed by atoms with van der Waals surface area (Å²) in [6.45, 7) is 2.05. The summed E-state index contributed by atoms with van der Waals surface area (Å²) in [5, 5.41) is 0. The van der Waals surface area contributed by atoms with Gasteiger partial charge in [0.25, 0.3) is 0 Å². The maximum Gasteiger partial charge on any atom is 0.123 e. The van der Waals surface area contributed by atoms with Crippen LogP contribution in [0.15, 0.2) is 42.5 Å². The van der Waals surface area contributed by atoms with Gasteiger partial charge in [0.05, 0.1) is 0 Å². The minimum atomic E-state index is -0.360. The third kappa shape index (κ3) is 3.51. The summed E-state index contributed by atoms with van der Waals surface area (Å²) < 4.78 is 13.3. The third-order valence-corrected chi connectivity index (χ3v) is 4.27. The molecule has 110 valence electrons. The first kappa shape index (κ1) is 14.3. The maximum absolute atomic E-state index is 13.3. The van der Waals surface area contributed by atoms with Gasteiger partial charge in [0.2, 0.25) is 0 Å². The molecule has 2 aromatic carbocycles. The van der Waals surface area contributed by atoms with Crippen molar-refractivity contribution in [3.8, 4) is 0 Å². The molecule has 0 saturated heterocycles. The fourth-order valence-electron chi connectivity index (χ4n) is 3.38. The van der Waals surface area contributed by atoms with Gasteiger partial charge in [-0.2, -0.15) is 0 Å². The van der Waals surface area contributed by atoms with E-state index in [0.29, 0.717) is 6.42 Å². The molecular weight excluding hydrogens is 261 g/mol. The van der Waals surface area contributed by atoms with Crippen LogP contribution in [-0.4, -0.2) is 5.54 Å². The van der Waals surface area contributed by atoms with Crippen LogP contribution in [0.2, 0.25) is 0 Å². The molecule has 0 radical (unpaired) electrons. The van der Waals surface area contributed by atoms with Crippen molar-refractivity contribution in [1.29, 1.82) is 0 Å². The number of rotatable bonds is 4. The Morgan fingerprint density at radius 3 is 2.48 bits per heavy atom. The minimum Gasteiger partial charge on any atom is -0.325 e. The van der Waals surface area contributed by atoms with Crippen molar-refractivity contribution in [3.63, 3.8) is 0 Å². The summed E-state index contributed by atoms with van der Waals surface area (Å²) in [5.74, 6) is -0.194. The van der Waals surface area contributed by atoms with Gasteiger partial charge in [-0.05, 0) is 73.4 Å². The van der Waals surface area contributed by atoms with E-state index in [0.717, 1.165) is 12.0 Å². The standard InChI is InChI=1S/C19H22FN/c1-19(21,12-14-4-2-7-18(20)11-14)13-15-8-9-16-5-3-6-17(16)10-15/h2,4,7-11H,3,5-6,12-13,21H2,1H3. The van der Waals surface area contributed by atoms with Gasteiger partial charge in [0.15, 0.2) is 0 Å². The monoisotopic (exact) mass is 283 g/mol. The Labute approximate surface area is 126 Å². The molecular formula is C19H22FN. The highest BCUT2D eigenvalue weighted by Crippen LogP contribution is 2.25. The van der Waals surface area contributed by atoms with Crippen LogP contribution in [0.3, 0.4) is 0 Å². The number of hydrogen-bond acceptors (Lipinski definition) is 1. The number of aryl methyl sites for hydroxylation is 2. The van der Waals surface area contributed by atoms with E-state index in [1.807, 2.05) is 13.0 Å². The van der Waals surface area contributed by atoms with Crippen LogP contribution >= 0.6 is 0 Å². The summed E-state index contributed by atoms with van der Waals surface area (Å²) in [5.41, 5.74) is 11.3. The molecule has 0 bridgehead atoms. The second kappa shape index (κ2) is 5.61. The van der Waals surface area contributed by atoms with Gasteiger partial charge < -0.3 is 5.73 Å². The Morgan fingerprint density at radius 1 is 1.00 bits per heavy atom. The van der Waals surface area contributed by atoms with E-state index < -0.39 is 0 Å². The normalized spacial score (nSPS) is 16.5. The van der Waals surface area contributed by atoms with Crippen molar-refractivity contribution in [2.24, 2.45) is 5.73 Å². The highest BCUT2D eigenvalue weighted by atomic mass is 19.1. The van der Waals surface area contributed by atoms with Crippen molar-refractivity contribution in [2.75, 3.05) is 0 Å². The van der Waals surface area contributed by atoms with Crippen LogP contribution < -0.4 is 5.73 Å². The van der Waals surface area contributed by atoms with Crippen molar-refractivity contribution in [3.05, 3.63) is 70.5 Å². The zero-order valence-corrected chi connectivity index (χ0v) is 12.5. The molecule has 0 aliphatic heterocycles. The number of hydrogen-bond donors (Lipinski definition) is 1. The molecule has 1 aliphatic rings. The van der Waals surface area contributed by atoms with Gasteiger partial charge in [-0.25, -0.2) is 4.39 Å². The summed E-state index contributed by atoms with van der Waals surface area (Å²) in [6.07, 6.45) is 5.16. The molecule has 3 rings (SSSR count). The Balaban J connectivity index is 1.73. The molecule has 0 saturated carbocycles. The molecule has 0 amide bonds. The lowest BCUT2D eigenvalue weighted by Crippen LogP contribution is -2.41. The van der Waals surface area contributed by atoms with Crippen molar-refractivity contribution < 1.29 is 4.39 Å². The number of nitrogens with two attached hydrogens (primary N) is 1. The van der Waals surface area contributed by atoms with E-state index in [-0.39, 0.29) is 11.4 Å². The average Bonchev–Trinajstić information content (AvgIpc) is 2.84. The molecule has 2 heteroatoms. The topological polar surface area (TPSA) is 26.0 Å². The molecule has 21 heavy (non-hydrogen) atoms. The second-order valence-electron chi connectivity index (χ2n) is 6.59. The molecule has 0 aromatic heterocycles. The highest BCUT2D eigenvalue weighted by Gasteiger charge is 2.21. The summed E-state index contributed by atoms with van der Waals surface area (Å²) in [4.78, 5) is 0. The predicted molar refractivity (Wildman–Crippen MR) is 84.9 cm³/mol. The summed E-state index contributed by atoms with van der Waals surface area (Å²) in [7, 11) is 0. The van der Waals surface area contributed by atoms with E-state index in [2.05, 4.69) is 18.2 Å². The van der Waals surface area contributed by atoms with E-state index in [9.17, 15) is 4.39 Å². The SMILES string of the molecule is CC(N)(Cc1cccc(F)c1)Cc1ccc2c(c1)CCC2. The lowest BCUT2D eigenvalue weighted by Gasteiger charge is -2.25. The van der Waals surface area contributed by atoms with Crippen LogP contribution in [0, 0.1) is 5.82 Å². The fourth-order valence-corrected chi connectivity index (χ4v) is 3.38. The van der Waals surface area contributed by atoms with Crippen LogP contribution in [0.4, 0.5) is 4.39 Å². The van der Waals surface area contributed by atoms with Gasteiger partial charge in [-0.3, -0.25) is 0 Å². The zero-order valence-electron chi connectivity index (χ0n) is 12.5. The Hall–Kier alpha value is -1.67. The lowest BCUT2D eigenvalue weighted by molar-refractivity contribution is 0.461. The van der Waals surface area contributed by atoms with Crippen molar-refractivity contribution in [1.82, 2.24) is 0 Å². The number of fused-ring (bicyclic) bond motifs is 1. The third-order valence-electron chi connectivity index (χ3n) is 4.27. The van der Waals surface area contributed by atoms with Gasteiger partial charge in [0.1, 0.15) is 5.82 Å². The Kier molecular flexibility index (Phi) is 3.81. The summed E-state index contributed by atoms with van der Waals surface area (Å²) >= 11 is 0. The van der Waals surface area contributed by atoms with Gasteiger partial charge in [-0.1, -0.05) is 30.3 Å². The average molecular weight is 283 g/mol. The molecule has 1 aliphatic carbocycles. The largest absolute Gasteiger partial charge is 0.325 e. The Bertz CT molecular complexity index is 646. The molecule has 1 unspecified atom stereocenters. The van der Waals surface area contributed by atoms with Crippen LogP contribution in [-0.2, 0) is 25.7 Å². The Morgan fingerprint density at radius 2 is 1.71 bits per heavy atom. The van der Waals surface area contributed by atoms with Crippen LogP contribution in [0.5, 0.6) is 0 Å². The maximum atomic E-state index is 13.3. The molecule has 0 heterocycles. The quantitative estimate of drug-likeness (QED) is 0.907. The molecule has 1 atom stereocenters. The van der Waals surface area contributed by atoms with E-state index >= 15 is 0 Å². The first-order chi connectivity index (χ1) is 10.0. The summed E-state index contributed by atoms with van der Waals surface area (Å²) in [6, 6.07) is 13.5. The molecule has 1 nitrogen and oxygen atoms in total. The molecule has 2 N–H and O–H groups in total. The highest BCUT2D eigenvalue weighted by molar-refractivity contribution is 5.36. The number of halogens is 1. The number of benzene rings is 2. The van der Waals surface area contributed by atoms with Crippen LogP contribution in [0.25, 0.3) is 0 Å². The predicted octanol–water partition coefficient (Wildman–Crippen LogP) is 3.82. The first-order valence-corrected chi connectivity index (χ1v) is 7.66. The van der Waals surface area contributed by atoms with E-state index in [1.54, 1.807) is 12.1 Å². The van der Waals surface area contributed by atoms with E-state index in [1.165, 1.54) is 42.0 Å². The smallest absolute Gasteiger partial charge is 0.123 e. The van der Waals surface area contributed by atoms with Crippen molar-refractivity contribution >= 4 is 0 Å². The van der Waals surface area contributed by atoms with Gasteiger partial charge in [0, 0.05) is 5.54 Å². The van der Waals surface area contributed by atoms with Gasteiger partial charge in [-0.15, -0.1) is 0 Å².